The third kappa shape index (κ3) is 3.60. The minimum atomic E-state index is -1.27. The number of thiol groups is 1. The zero-order valence-corrected chi connectivity index (χ0v) is 23.9. The van der Waals surface area contributed by atoms with Gasteiger partial charge in [-0.3, -0.25) is 9.59 Å². The summed E-state index contributed by atoms with van der Waals surface area (Å²) in [6.45, 7) is 4.36. The van der Waals surface area contributed by atoms with Crippen molar-refractivity contribution in [1.29, 1.82) is 0 Å². The van der Waals surface area contributed by atoms with Crippen molar-refractivity contribution in [2.45, 2.75) is 76.9 Å². The highest BCUT2D eigenvalue weighted by Gasteiger charge is 2.70. The third-order valence-electron chi connectivity index (χ3n) is 11.0. The van der Waals surface area contributed by atoms with E-state index in [-0.39, 0.29) is 40.2 Å². The number of nitrogens with zero attached hydrogens (tertiary/aromatic N) is 3. The van der Waals surface area contributed by atoms with Crippen molar-refractivity contribution in [1.82, 2.24) is 14.8 Å². The fourth-order valence-corrected chi connectivity index (χ4v) is 9.51. The Kier molecular flexibility index (Phi) is 5.73. The second-order valence-electron chi connectivity index (χ2n) is 13.0. The molecule has 9 heteroatoms. The zero-order chi connectivity index (χ0) is 27.3. The smallest absolute Gasteiger partial charge is 0.309 e. The molecule has 0 radical (unpaired) electrons. The van der Waals surface area contributed by atoms with Crippen LogP contribution in [-0.2, 0) is 20.7 Å². The molecule has 4 fully saturated rings. The number of rotatable bonds is 4. The molecule has 0 aliphatic heterocycles. The van der Waals surface area contributed by atoms with Gasteiger partial charge in [-0.25, -0.2) is 9.67 Å². The first kappa shape index (κ1) is 25.8. The summed E-state index contributed by atoms with van der Waals surface area (Å²) in [7, 11) is 0. The first-order valence-corrected chi connectivity index (χ1v) is 14.9. The largest absolute Gasteiger partial charge is 0.449 e. The summed E-state index contributed by atoms with van der Waals surface area (Å²) in [5, 5.41) is 16.8. The first-order chi connectivity index (χ1) is 18.6. The van der Waals surface area contributed by atoms with E-state index in [2.05, 4.69) is 42.6 Å². The van der Waals surface area contributed by atoms with Crippen molar-refractivity contribution < 1.29 is 19.4 Å². The second-order valence-corrected chi connectivity index (χ2v) is 13.8. The van der Waals surface area contributed by atoms with Crippen molar-refractivity contribution in [3.63, 3.8) is 0 Å². The number of allylic oxidation sites excluding steroid dienone is 1. The number of fused-ring (bicyclic) bond motifs is 6. The molecule has 5 aliphatic rings. The van der Waals surface area contributed by atoms with E-state index in [0.717, 1.165) is 55.6 Å². The lowest BCUT2D eigenvalue weighted by molar-refractivity contribution is -0.197. The molecule has 7 nitrogen and oxygen atoms in total. The van der Waals surface area contributed by atoms with Crippen LogP contribution in [0.3, 0.4) is 0 Å². The van der Waals surface area contributed by atoms with E-state index in [1.807, 2.05) is 23.0 Å². The van der Waals surface area contributed by atoms with Crippen LogP contribution in [0.15, 0.2) is 30.1 Å². The number of hydrogen-bond donors (Lipinski definition) is 2. The van der Waals surface area contributed by atoms with Gasteiger partial charge in [-0.15, -0.1) is 12.6 Å². The summed E-state index contributed by atoms with van der Waals surface area (Å²) in [5.74, 6) is 0.802. The lowest BCUT2D eigenvalue weighted by Crippen LogP contribution is -2.62. The maximum absolute atomic E-state index is 13.1. The Morgan fingerprint density at radius 3 is 2.67 bits per heavy atom. The van der Waals surface area contributed by atoms with E-state index >= 15 is 0 Å². The van der Waals surface area contributed by atoms with Crippen LogP contribution >= 0.6 is 24.2 Å². The molecule has 5 aliphatic carbocycles. The Bertz CT molecular complexity index is 1400. The van der Waals surface area contributed by atoms with Crippen molar-refractivity contribution in [3.8, 4) is 5.82 Å². The van der Waals surface area contributed by atoms with Crippen LogP contribution in [0.25, 0.3) is 11.9 Å². The fourth-order valence-electron chi connectivity index (χ4n) is 8.99. The molecular formula is C30H34ClN3O4S. The number of carbonyl (C=O) groups is 2. The van der Waals surface area contributed by atoms with Gasteiger partial charge in [0.25, 0.3) is 0 Å². The molecule has 1 N–H and O–H groups in total. The number of aliphatic hydroxyl groups excluding tert-OH is 1. The molecule has 39 heavy (non-hydrogen) atoms. The molecule has 0 aromatic carbocycles. The topological polar surface area (TPSA) is 94.3 Å². The van der Waals surface area contributed by atoms with Crippen LogP contribution in [0.4, 0.5) is 0 Å². The van der Waals surface area contributed by atoms with Gasteiger partial charge in [-0.05, 0) is 98.3 Å². The number of halogens is 1. The van der Waals surface area contributed by atoms with Gasteiger partial charge >= 0.3 is 5.97 Å². The predicted molar refractivity (Wildman–Crippen MR) is 149 cm³/mol. The zero-order valence-electron chi connectivity index (χ0n) is 22.3. The highest BCUT2D eigenvalue weighted by atomic mass is 35.5. The number of hydrogen-bond acceptors (Lipinski definition) is 6. The highest BCUT2D eigenvalue weighted by molar-refractivity contribution is 7.96. The van der Waals surface area contributed by atoms with E-state index in [0.29, 0.717) is 17.9 Å². The molecule has 7 atom stereocenters. The summed E-state index contributed by atoms with van der Waals surface area (Å²) in [4.78, 5) is 30.4. The maximum Gasteiger partial charge on any atom is 0.309 e. The van der Waals surface area contributed by atoms with E-state index in [1.165, 1.54) is 5.57 Å². The van der Waals surface area contributed by atoms with Crippen molar-refractivity contribution in [3.05, 3.63) is 46.4 Å². The van der Waals surface area contributed by atoms with Crippen molar-refractivity contribution >= 4 is 41.4 Å². The Morgan fingerprint density at radius 1 is 1.18 bits per heavy atom. The minimum absolute atomic E-state index is 0.0469. The predicted octanol–water partition coefficient (Wildman–Crippen LogP) is 5.22. The number of carbonyl (C=O) groups excluding carboxylic acids is 2. The number of pyridine rings is 1. The molecule has 5 unspecified atom stereocenters. The van der Waals surface area contributed by atoms with Crippen molar-refractivity contribution in [2.75, 3.05) is 0 Å². The fraction of sp³-hybridized carbons (Fsp3) is 0.600. The van der Waals surface area contributed by atoms with E-state index in [4.69, 9.17) is 16.3 Å². The number of ether oxygens (including phenoxy) is 1. The average molecular weight is 568 g/mol. The van der Waals surface area contributed by atoms with Crippen LogP contribution in [0.5, 0.6) is 0 Å². The average Bonchev–Trinajstić information content (AvgIpc) is 3.60. The van der Waals surface area contributed by atoms with Crippen LogP contribution in [0.2, 0.25) is 5.02 Å². The second kappa shape index (κ2) is 8.67. The lowest BCUT2D eigenvalue weighted by atomic mass is 9.45. The third-order valence-corrected chi connectivity index (χ3v) is 11.6. The molecule has 0 bridgehead atoms. The van der Waals surface area contributed by atoms with Gasteiger partial charge in [-0.1, -0.05) is 31.0 Å². The molecular weight excluding hydrogens is 534 g/mol. The maximum atomic E-state index is 13.1. The summed E-state index contributed by atoms with van der Waals surface area (Å²) < 4.78 is 7.97. The number of aromatic nitrogens is 3. The van der Waals surface area contributed by atoms with Crippen LogP contribution in [0.1, 0.15) is 70.1 Å². The minimum Gasteiger partial charge on any atom is -0.449 e. The lowest BCUT2D eigenvalue weighted by Gasteiger charge is -2.60. The molecule has 0 saturated heterocycles. The summed E-state index contributed by atoms with van der Waals surface area (Å²) in [6, 6.07) is 3.69. The molecule has 206 valence electrons. The quantitative estimate of drug-likeness (QED) is 0.388. The molecule has 7 rings (SSSR count). The van der Waals surface area contributed by atoms with Gasteiger partial charge in [0, 0.05) is 11.6 Å². The Labute approximate surface area is 238 Å². The van der Waals surface area contributed by atoms with Gasteiger partial charge in [-0.2, -0.15) is 5.10 Å². The van der Waals surface area contributed by atoms with Gasteiger partial charge in [0.15, 0.2) is 11.4 Å². The Hall–Kier alpha value is -2.16. The normalized spacial score (nSPS) is 38.6. The highest BCUT2D eigenvalue weighted by Crippen LogP contribution is 2.68. The first-order valence-electron chi connectivity index (χ1n) is 14.1. The van der Waals surface area contributed by atoms with Crippen LogP contribution < -0.4 is 0 Å². The molecule has 0 amide bonds. The molecule has 2 heterocycles. The van der Waals surface area contributed by atoms with Gasteiger partial charge < -0.3 is 9.84 Å². The standard InChI is InChI=1S/C30H34ClN3O4S/c1-28-12-17-14-33-34(24-8-6-19(31)15-32-24)22(17)11-18(28)5-7-20-21-9-10-30(27(37)39,38-26(36)16-3-4-16)29(21,2)13-23(35)25(20)28/h6,8,11,14-16,20-21,23,25,35H,3-5,7,9-10,12-13H2,1-2H3,(H,37,39)/t20?,21-,23?,25+,28?,29?,30?/m0/s1. The Morgan fingerprint density at radius 2 is 1.97 bits per heavy atom. The number of esters is 1. The molecule has 4 saturated carbocycles. The van der Waals surface area contributed by atoms with Gasteiger partial charge in [0.05, 0.1) is 28.9 Å². The van der Waals surface area contributed by atoms with Crippen molar-refractivity contribution in [2.24, 2.45) is 34.5 Å². The molecule has 2 aromatic rings. The van der Waals surface area contributed by atoms with E-state index < -0.39 is 17.1 Å². The Balaban J connectivity index is 1.23. The van der Waals surface area contributed by atoms with Crippen LogP contribution in [-0.4, -0.2) is 42.7 Å². The molecule has 0 spiro atoms. The van der Waals surface area contributed by atoms with E-state index in [9.17, 15) is 14.7 Å². The SMILES string of the molecule is CC12Cc3cnn(-c4ccc(Cl)cn4)c3C=C1CCC1[C@@H]2C(O)CC2(C)[C@H]1CCC2(OC(=O)C1CC1)C(=O)S. The molecule has 2 aromatic heterocycles. The summed E-state index contributed by atoms with van der Waals surface area (Å²) >= 11 is 10.3. The van der Waals surface area contributed by atoms with E-state index in [1.54, 1.807) is 6.20 Å². The number of aliphatic hydroxyl groups is 1. The van der Waals surface area contributed by atoms with Gasteiger partial charge in [0.1, 0.15) is 0 Å². The van der Waals surface area contributed by atoms with Crippen LogP contribution in [0, 0.1) is 34.5 Å². The summed E-state index contributed by atoms with van der Waals surface area (Å²) in [5.41, 5.74) is 1.39. The van der Waals surface area contributed by atoms with Gasteiger partial charge in [0.2, 0.25) is 5.12 Å². The monoisotopic (exact) mass is 567 g/mol. The summed E-state index contributed by atoms with van der Waals surface area (Å²) in [6.07, 6.45) is 11.2.